The quantitative estimate of drug-likeness (QED) is 0.135. The number of benzene rings is 4. The monoisotopic (exact) mass is 670 g/mol. The zero-order chi connectivity index (χ0) is 25.6. The summed E-state index contributed by atoms with van der Waals surface area (Å²) in [7, 11) is 0. The Morgan fingerprint density at radius 3 is 1.31 bits per heavy atom. The van der Waals surface area contributed by atoms with Crippen molar-refractivity contribution in [3.63, 3.8) is 0 Å². The standard InChI is InChI=1S/2C18H13O.Hf/c2*1-12-6-9-18(19-12)15-10-14-8-7-13-4-2-3-5-16(13)17(14)11-15;/h2*2-11H,1H3;/q2*-1;. The van der Waals surface area contributed by atoms with Crippen LogP contribution in [-0.4, -0.2) is 0 Å². The van der Waals surface area contributed by atoms with E-state index in [2.05, 4.69) is 97.1 Å². The van der Waals surface area contributed by atoms with Gasteiger partial charge in [-0.3, -0.25) is 0 Å². The van der Waals surface area contributed by atoms with E-state index in [4.69, 9.17) is 8.83 Å². The number of rotatable bonds is 2. The molecule has 0 radical (unpaired) electrons. The first-order chi connectivity index (χ1) is 18.6. The summed E-state index contributed by atoms with van der Waals surface area (Å²) in [5.74, 6) is 3.78. The molecule has 0 aliphatic carbocycles. The Kier molecular flexibility index (Phi) is 6.70. The molecule has 8 rings (SSSR count). The maximum Gasteiger partial charge on any atom is 0.0896 e. The molecule has 2 nitrogen and oxygen atoms in total. The third kappa shape index (κ3) is 4.72. The summed E-state index contributed by atoms with van der Waals surface area (Å²) < 4.78 is 11.4. The van der Waals surface area contributed by atoms with Gasteiger partial charge in [0.2, 0.25) is 0 Å². The summed E-state index contributed by atoms with van der Waals surface area (Å²) in [6.45, 7) is 3.95. The Morgan fingerprint density at radius 1 is 0.462 bits per heavy atom. The number of hydrogen-bond donors (Lipinski definition) is 0. The summed E-state index contributed by atoms with van der Waals surface area (Å²) in [6.07, 6.45) is 0. The van der Waals surface area contributed by atoms with E-state index < -0.39 is 0 Å². The predicted molar refractivity (Wildman–Crippen MR) is 159 cm³/mol. The molecule has 3 heteroatoms. The Balaban J connectivity index is 0.000000138. The average Bonchev–Trinajstić information content (AvgIpc) is 3.74. The van der Waals surface area contributed by atoms with Crippen LogP contribution in [-0.2, 0) is 25.8 Å². The molecule has 0 bridgehead atoms. The van der Waals surface area contributed by atoms with Crippen molar-refractivity contribution >= 4 is 43.1 Å². The Hall–Kier alpha value is -3.95. The molecule has 2 aromatic heterocycles. The molecule has 2 heterocycles. The molecular weight excluding hydrogens is 643 g/mol. The van der Waals surface area contributed by atoms with Crippen LogP contribution in [0.4, 0.5) is 0 Å². The van der Waals surface area contributed by atoms with Gasteiger partial charge >= 0.3 is 0 Å². The molecule has 8 aromatic rings. The maximum atomic E-state index is 5.71. The number of fused-ring (bicyclic) bond motifs is 6. The molecule has 0 aliphatic heterocycles. The Morgan fingerprint density at radius 2 is 0.897 bits per heavy atom. The van der Waals surface area contributed by atoms with Crippen molar-refractivity contribution in [3.05, 3.63) is 133 Å². The first kappa shape index (κ1) is 25.3. The molecule has 0 saturated heterocycles. The first-order valence-electron chi connectivity index (χ1n) is 12.9. The van der Waals surface area contributed by atoms with E-state index in [-0.39, 0.29) is 25.8 Å². The minimum atomic E-state index is 0. The molecule has 0 N–H and O–H groups in total. The number of hydrogen-bond acceptors (Lipinski definition) is 2. The van der Waals surface area contributed by atoms with Gasteiger partial charge < -0.3 is 8.83 Å². The van der Waals surface area contributed by atoms with Crippen molar-refractivity contribution in [2.75, 3.05) is 0 Å². The van der Waals surface area contributed by atoms with Crippen LogP contribution in [0.2, 0.25) is 0 Å². The van der Waals surface area contributed by atoms with Gasteiger partial charge in [0.25, 0.3) is 0 Å². The molecule has 39 heavy (non-hydrogen) atoms. The van der Waals surface area contributed by atoms with Gasteiger partial charge in [-0.05, 0) is 48.9 Å². The third-order valence-corrected chi connectivity index (χ3v) is 7.28. The van der Waals surface area contributed by atoms with Gasteiger partial charge in [-0.25, -0.2) is 0 Å². The largest absolute Gasteiger partial charge is 0.496 e. The second kappa shape index (κ2) is 10.3. The number of furan rings is 2. The fraction of sp³-hybridized carbons (Fsp3) is 0.0556. The normalized spacial score (nSPS) is 11.1. The molecule has 0 amide bonds. The summed E-state index contributed by atoms with van der Waals surface area (Å²) in [4.78, 5) is 0. The van der Waals surface area contributed by atoms with Gasteiger partial charge in [0, 0.05) is 25.8 Å². The zero-order valence-corrected chi connectivity index (χ0v) is 25.5. The maximum absolute atomic E-state index is 5.71. The smallest absolute Gasteiger partial charge is 0.0896 e. The Bertz CT molecular complexity index is 1910. The average molecular weight is 669 g/mol. The van der Waals surface area contributed by atoms with E-state index in [1.165, 1.54) is 43.1 Å². The van der Waals surface area contributed by atoms with E-state index in [1.807, 2.05) is 38.1 Å². The van der Waals surface area contributed by atoms with E-state index in [9.17, 15) is 0 Å². The van der Waals surface area contributed by atoms with Crippen molar-refractivity contribution in [2.45, 2.75) is 13.8 Å². The van der Waals surface area contributed by atoms with Gasteiger partial charge in [-0.1, -0.05) is 82.6 Å². The summed E-state index contributed by atoms with van der Waals surface area (Å²) in [5.41, 5.74) is 2.30. The molecule has 0 fully saturated rings. The van der Waals surface area contributed by atoms with Crippen LogP contribution in [0.3, 0.4) is 0 Å². The third-order valence-electron chi connectivity index (χ3n) is 7.28. The van der Waals surface area contributed by atoms with Crippen LogP contribution < -0.4 is 0 Å². The molecular formula is C36H26HfO2-2. The predicted octanol–water partition coefficient (Wildman–Crippen LogP) is 10.6. The Labute approximate surface area is 246 Å². The first-order valence-corrected chi connectivity index (χ1v) is 12.9. The molecule has 188 valence electrons. The van der Waals surface area contributed by atoms with Crippen molar-refractivity contribution in [2.24, 2.45) is 0 Å². The van der Waals surface area contributed by atoms with Gasteiger partial charge in [0.05, 0.1) is 23.0 Å². The minimum absolute atomic E-state index is 0. The van der Waals surface area contributed by atoms with Gasteiger partial charge in [0.15, 0.2) is 0 Å². The van der Waals surface area contributed by atoms with E-state index in [0.29, 0.717) is 0 Å². The van der Waals surface area contributed by atoms with Crippen LogP contribution in [0.1, 0.15) is 11.5 Å². The van der Waals surface area contributed by atoms with E-state index >= 15 is 0 Å². The molecule has 0 atom stereocenters. The van der Waals surface area contributed by atoms with Crippen LogP contribution in [0.25, 0.3) is 65.7 Å². The van der Waals surface area contributed by atoms with Crippen molar-refractivity contribution in [3.8, 4) is 22.6 Å². The summed E-state index contributed by atoms with van der Waals surface area (Å²) in [5, 5.41) is 10.3. The fourth-order valence-corrected chi connectivity index (χ4v) is 5.39. The van der Waals surface area contributed by atoms with Crippen LogP contribution >= 0.6 is 0 Å². The number of aryl methyl sites for hydroxylation is 2. The van der Waals surface area contributed by atoms with Crippen molar-refractivity contribution in [1.29, 1.82) is 0 Å². The van der Waals surface area contributed by atoms with Crippen LogP contribution in [0.15, 0.2) is 130 Å². The van der Waals surface area contributed by atoms with Crippen LogP contribution in [0, 0.1) is 13.8 Å². The molecule has 0 saturated carbocycles. The summed E-state index contributed by atoms with van der Waals surface area (Å²) in [6, 6.07) is 42.6. The second-order valence-corrected chi connectivity index (χ2v) is 9.89. The second-order valence-electron chi connectivity index (χ2n) is 9.89. The van der Waals surface area contributed by atoms with Crippen LogP contribution in [0.5, 0.6) is 0 Å². The van der Waals surface area contributed by atoms with Crippen molar-refractivity contribution < 1.29 is 34.7 Å². The molecule has 6 aromatic carbocycles. The van der Waals surface area contributed by atoms with Gasteiger partial charge in [-0.2, -0.15) is 0 Å². The fourth-order valence-electron chi connectivity index (χ4n) is 5.39. The molecule has 0 aliphatic rings. The van der Waals surface area contributed by atoms with E-state index in [1.54, 1.807) is 0 Å². The van der Waals surface area contributed by atoms with Crippen molar-refractivity contribution in [1.82, 2.24) is 0 Å². The zero-order valence-electron chi connectivity index (χ0n) is 21.9. The molecule has 0 spiro atoms. The molecule has 0 unspecified atom stereocenters. The topological polar surface area (TPSA) is 26.3 Å². The SMILES string of the molecule is Cc1ccc(-c2cc3c(ccc4ccccc43)[cH-]2)o1.Cc1ccc(-c2cc3c(ccc4ccccc43)[cH-]2)o1.[Hf]. The minimum Gasteiger partial charge on any atom is -0.496 e. The van der Waals surface area contributed by atoms with E-state index in [0.717, 1.165) is 34.2 Å². The summed E-state index contributed by atoms with van der Waals surface area (Å²) >= 11 is 0. The van der Waals surface area contributed by atoms with Gasteiger partial charge in [0.1, 0.15) is 0 Å². The van der Waals surface area contributed by atoms with Gasteiger partial charge in [-0.15, -0.1) is 57.9 Å².